The third kappa shape index (κ3) is 5.00. The molecule has 29 heavy (non-hydrogen) atoms. The molecule has 1 aliphatic rings. The van der Waals surface area contributed by atoms with E-state index in [0.717, 1.165) is 5.56 Å². The minimum Gasteiger partial charge on any atom is -0.462 e. The van der Waals surface area contributed by atoms with Crippen molar-refractivity contribution in [2.75, 3.05) is 18.5 Å². The topological polar surface area (TPSA) is 111 Å². The standard InChI is InChI=1S/C20H20N2O6S/c1-2-27-20(26)17-13(12-6-4-3-5-7-12)11-29-18(17)22-16(24)10-28-19(25)14-8-9-15(23)21-14/h3-7,11,14H,2,8-10H2,1H3,(H,21,23)(H,22,24)/t14-/m0/s1. The Morgan fingerprint density at radius 1 is 1.21 bits per heavy atom. The second-order valence-corrected chi connectivity index (χ2v) is 7.13. The van der Waals surface area contributed by atoms with E-state index in [-0.39, 0.29) is 24.5 Å². The van der Waals surface area contributed by atoms with Gasteiger partial charge in [0.05, 0.1) is 6.61 Å². The molecule has 152 valence electrons. The van der Waals surface area contributed by atoms with Crippen LogP contribution in [0.3, 0.4) is 0 Å². The molecule has 1 aliphatic heterocycles. The Bertz CT molecular complexity index is 924. The van der Waals surface area contributed by atoms with Crippen molar-refractivity contribution in [3.63, 3.8) is 0 Å². The SMILES string of the molecule is CCOC(=O)c1c(-c2ccccc2)csc1NC(=O)COC(=O)[C@@H]1CCC(=O)N1. The average molecular weight is 416 g/mol. The monoisotopic (exact) mass is 416 g/mol. The number of anilines is 1. The molecular weight excluding hydrogens is 396 g/mol. The van der Waals surface area contributed by atoms with Gasteiger partial charge in [0.2, 0.25) is 5.91 Å². The number of nitrogens with one attached hydrogen (secondary N) is 2. The summed E-state index contributed by atoms with van der Waals surface area (Å²) in [6.07, 6.45) is 0.601. The number of hydrogen-bond donors (Lipinski definition) is 2. The molecule has 2 aromatic rings. The Morgan fingerprint density at radius 3 is 2.62 bits per heavy atom. The third-order valence-electron chi connectivity index (χ3n) is 4.23. The highest BCUT2D eigenvalue weighted by Crippen LogP contribution is 2.36. The van der Waals surface area contributed by atoms with Gasteiger partial charge in [0, 0.05) is 17.4 Å². The van der Waals surface area contributed by atoms with Crippen LogP contribution in [0.2, 0.25) is 0 Å². The zero-order valence-corrected chi connectivity index (χ0v) is 16.5. The normalized spacial score (nSPS) is 15.5. The van der Waals surface area contributed by atoms with Crippen molar-refractivity contribution in [1.29, 1.82) is 0 Å². The van der Waals surface area contributed by atoms with Gasteiger partial charge >= 0.3 is 11.9 Å². The van der Waals surface area contributed by atoms with Gasteiger partial charge < -0.3 is 20.1 Å². The van der Waals surface area contributed by atoms with Gasteiger partial charge in [-0.3, -0.25) is 9.59 Å². The van der Waals surface area contributed by atoms with Crippen LogP contribution < -0.4 is 10.6 Å². The highest BCUT2D eigenvalue weighted by Gasteiger charge is 2.29. The second kappa shape index (κ2) is 9.33. The molecule has 0 aliphatic carbocycles. The predicted molar refractivity (Wildman–Crippen MR) is 106 cm³/mol. The lowest BCUT2D eigenvalue weighted by Crippen LogP contribution is -2.36. The smallest absolute Gasteiger partial charge is 0.341 e. The number of benzene rings is 1. The highest BCUT2D eigenvalue weighted by molar-refractivity contribution is 7.15. The zero-order chi connectivity index (χ0) is 20.8. The number of carbonyl (C=O) groups excluding carboxylic acids is 4. The van der Waals surface area contributed by atoms with Crippen molar-refractivity contribution in [3.05, 3.63) is 41.3 Å². The molecule has 0 saturated carbocycles. The molecule has 8 nitrogen and oxygen atoms in total. The molecule has 0 unspecified atom stereocenters. The lowest BCUT2D eigenvalue weighted by molar-refractivity contribution is -0.149. The van der Waals surface area contributed by atoms with Crippen LogP contribution in [0.1, 0.15) is 30.1 Å². The molecule has 1 saturated heterocycles. The maximum absolute atomic E-state index is 12.5. The number of ether oxygens (including phenoxy) is 2. The predicted octanol–water partition coefficient (Wildman–Crippen LogP) is 2.35. The van der Waals surface area contributed by atoms with Crippen molar-refractivity contribution < 1.29 is 28.7 Å². The van der Waals surface area contributed by atoms with Gasteiger partial charge in [-0.1, -0.05) is 30.3 Å². The summed E-state index contributed by atoms with van der Waals surface area (Å²) in [4.78, 5) is 47.8. The third-order valence-corrected chi connectivity index (χ3v) is 5.13. The summed E-state index contributed by atoms with van der Waals surface area (Å²) in [6.45, 7) is 1.37. The lowest BCUT2D eigenvalue weighted by Gasteiger charge is -2.11. The first-order chi connectivity index (χ1) is 14.0. The van der Waals surface area contributed by atoms with E-state index < -0.39 is 30.5 Å². The van der Waals surface area contributed by atoms with Crippen LogP contribution in [0.25, 0.3) is 11.1 Å². The van der Waals surface area contributed by atoms with Crippen LogP contribution in [0.15, 0.2) is 35.7 Å². The summed E-state index contributed by atoms with van der Waals surface area (Å²) in [6, 6.07) is 8.55. The minimum atomic E-state index is -0.725. The molecule has 2 N–H and O–H groups in total. The molecule has 1 aromatic carbocycles. The van der Waals surface area contributed by atoms with Gasteiger partial charge in [-0.2, -0.15) is 0 Å². The van der Waals surface area contributed by atoms with E-state index >= 15 is 0 Å². The Balaban J connectivity index is 1.70. The number of rotatable bonds is 7. The first-order valence-electron chi connectivity index (χ1n) is 9.09. The number of amides is 2. The van der Waals surface area contributed by atoms with Gasteiger partial charge in [-0.15, -0.1) is 11.3 Å². The van der Waals surface area contributed by atoms with E-state index in [2.05, 4.69) is 10.6 Å². The molecule has 2 amide bonds. The summed E-state index contributed by atoms with van der Waals surface area (Å²) in [5.74, 6) is -2.02. The molecule has 1 atom stereocenters. The van der Waals surface area contributed by atoms with E-state index in [1.807, 2.05) is 30.3 Å². The Morgan fingerprint density at radius 2 is 1.97 bits per heavy atom. The summed E-state index contributed by atoms with van der Waals surface area (Å²) in [7, 11) is 0. The zero-order valence-electron chi connectivity index (χ0n) is 15.7. The van der Waals surface area contributed by atoms with Crippen LogP contribution in [-0.4, -0.2) is 43.0 Å². The highest BCUT2D eigenvalue weighted by atomic mass is 32.1. The molecule has 3 rings (SSSR count). The number of esters is 2. The van der Waals surface area contributed by atoms with Crippen molar-refractivity contribution >= 4 is 40.1 Å². The minimum absolute atomic E-state index is 0.195. The fraction of sp³-hybridized carbons (Fsp3) is 0.300. The average Bonchev–Trinajstić information content (AvgIpc) is 3.33. The number of hydrogen-bond acceptors (Lipinski definition) is 7. The summed E-state index contributed by atoms with van der Waals surface area (Å²) >= 11 is 1.18. The van der Waals surface area contributed by atoms with Gasteiger partial charge in [0.15, 0.2) is 6.61 Å². The lowest BCUT2D eigenvalue weighted by atomic mass is 10.0. The molecule has 0 radical (unpaired) electrons. The number of thiophene rings is 1. The van der Waals surface area contributed by atoms with E-state index in [1.165, 1.54) is 11.3 Å². The molecular formula is C20H20N2O6S. The van der Waals surface area contributed by atoms with E-state index in [4.69, 9.17) is 9.47 Å². The van der Waals surface area contributed by atoms with Gasteiger partial charge in [0.25, 0.3) is 5.91 Å². The van der Waals surface area contributed by atoms with Crippen molar-refractivity contribution in [2.45, 2.75) is 25.8 Å². The first-order valence-corrected chi connectivity index (χ1v) is 9.97. The molecule has 1 fully saturated rings. The van der Waals surface area contributed by atoms with Crippen LogP contribution in [0.5, 0.6) is 0 Å². The van der Waals surface area contributed by atoms with Crippen LogP contribution in [-0.2, 0) is 23.9 Å². The fourth-order valence-electron chi connectivity index (χ4n) is 2.88. The Labute approximate surface area is 171 Å². The van der Waals surface area contributed by atoms with Crippen molar-refractivity contribution in [2.24, 2.45) is 0 Å². The summed E-state index contributed by atoms with van der Waals surface area (Å²) in [5, 5.41) is 7.17. The van der Waals surface area contributed by atoms with Crippen molar-refractivity contribution in [1.82, 2.24) is 5.32 Å². The Hall–Kier alpha value is -3.20. The molecule has 0 bridgehead atoms. The van der Waals surface area contributed by atoms with Gasteiger partial charge in [0.1, 0.15) is 16.6 Å². The van der Waals surface area contributed by atoms with Crippen molar-refractivity contribution in [3.8, 4) is 11.1 Å². The largest absolute Gasteiger partial charge is 0.462 e. The summed E-state index contributed by atoms with van der Waals surface area (Å²) in [5.41, 5.74) is 1.72. The molecule has 0 spiro atoms. The van der Waals surface area contributed by atoms with E-state index in [1.54, 1.807) is 12.3 Å². The Kier molecular flexibility index (Phi) is 6.61. The molecule has 1 aromatic heterocycles. The maximum atomic E-state index is 12.5. The first kappa shape index (κ1) is 20.5. The van der Waals surface area contributed by atoms with Crippen LogP contribution in [0.4, 0.5) is 5.00 Å². The van der Waals surface area contributed by atoms with Gasteiger partial charge in [-0.05, 0) is 18.9 Å². The maximum Gasteiger partial charge on any atom is 0.341 e. The fourth-order valence-corrected chi connectivity index (χ4v) is 3.85. The van der Waals surface area contributed by atoms with E-state index in [9.17, 15) is 19.2 Å². The molecule has 9 heteroatoms. The van der Waals surface area contributed by atoms with E-state index in [0.29, 0.717) is 17.0 Å². The molecule has 2 heterocycles. The van der Waals surface area contributed by atoms with Gasteiger partial charge in [-0.25, -0.2) is 9.59 Å². The quantitative estimate of drug-likeness (QED) is 0.671. The van der Waals surface area contributed by atoms with Crippen LogP contribution >= 0.6 is 11.3 Å². The second-order valence-electron chi connectivity index (χ2n) is 6.25. The number of carbonyl (C=O) groups is 4. The summed E-state index contributed by atoms with van der Waals surface area (Å²) < 4.78 is 10.1. The van der Waals surface area contributed by atoms with Crippen LogP contribution in [0, 0.1) is 0 Å².